The number of nitro benzene ring substituents is 1. The third-order valence-corrected chi connectivity index (χ3v) is 6.89. The maximum atomic E-state index is 13.3. The highest BCUT2D eigenvalue weighted by Crippen LogP contribution is 2.32. The third kappa shape index (κ3) is 4.66. The molecule has 0 bridgehead atoms. The number of benzene rings is 2. The van der Waals surface area contributed by atoms with Crippen LogP contribution in [0.4, 0.5) is 15.8 Å². The highest BCUT2D eigenvalue weighted by atomic mass is 32.1. The van der Waals surface area contributed by atoms with E-state index in [1.54, 1.807) is 52.4 Å². The van der Waals surface area contributed by atoms with Crippen molar-refractivity contribution in [2.75, 3.05) is 31.1 Å². The van der Waals surface area contributed by atoms with E-state index in [0.29, 0.717) is 6.54 Å². The zero-order chi connectivity index (χ0) is 23.5. The van der Waals surface area contributed by atoms with Crippen molar-refractivity contribution in [3.8, 4) is 0 Å². The predicted octanol–water partition coefficient (Wildman–Crippen LogP) is 3.74. The average Bonchev–Trinajstić information content (AvgIpc) is 3.55. The number of halogens is 1. The second kappa shape index (κ2) is 9.65. The molecule has 174 valence electrons. The summed E-state index contributed by atoms with van der Waals surface area (Å²) < 4.78 is 15.1. The maximum absolute atomic E-state index is 13.3. The van der Waals surface area contributed by atoms with E-state index < -0.39 is 0 Å². The van der Waals surface area contributed by atoms with Crippen LogP contribution in [0.1, 0.15) is 22.3 Å². The van der Waals surface area contributed by atoms with Crippen molar-refractivity contribution in [2.24, 2.45) is 0 Å². The van der Waals surface area contributed by atoms with Crippen LogP contribution in [0.5, 0.6) is 0 Å². The summed E-state index contributed by atoms with van der Waals surface area (Å²) in [4.78, 5) is 16.3. The highest BCUT2D eigenvalue weighted by Gasteiger charge is 2.31. The van der Waals surface area contributed by atoms with E-state index in [9.17, 15) is 14.5 Å². The lowest BCUT2D eigenvalue weighted by Gasteiger charge is -2.39. The first-order chi connectivity index (χ1) is 16.6. The summed E-state index contributed by atoms with van der Waals surface area (Å²) in [6.07, 6.45) is 0. The SMILES string of the molecule is O=[N+]([O-])c1ccc(N2CCN([C@@H](c3cccs3)c3nnnn3Cc3ccc(F)cc3)CC2)cc1. The van der Waals surface area contributed by atoms with E-state index in [1.807, 2.05) is 11.4 Å². The number of rotatable bonds is 7. The molecule has 1 aliphatic heterocycles. The Bertz CT molecular complexity index is 1240. The molecule has 2 aromatic carbocycles. The van der Waals surface area contributed by atoms with E-state index in [-0.39, 0.29) is 22.5 Å². The lowest BCUT2D eigenvalue weighted by Crippen LogP contribution is -2.48. The first kappa shape index (κ1) is 22.1. The molecule has 0 aliphatic carbocycles. The summed E-state index contributed by atoms with van der Waals surface area (Å²) in [7, 11) is 0. The number of thiophene rings is 1. The van der Waals surface area contributed by atoms with E-state index in [2.05, 4.69) is 31.4 Å². The lowest BCUT2D eigenvalue weighted by molar-refractivity contribution is -0.384. The van der Waals surface area contributed by atoms with Crippen LogP contribution in [0.15, 0.2) is 66.0 Å². The molecule has 1 aliphatic rings. The number of aromatic nitrogens is 4. The fraction of sp³-hybridized carbons (Fsp3) is 0.261. The number of non-ortho nitro benzene ring substituents is 1. The van der Waals surface area contributed by atoms with Gasteiger partial charge < -0.3 is 4.90 Å². The molecule has 9 nitrogen and oxygen atoms in total. The Morgan fingerprint density at radius 2 is 1.76 bits per heavy atom. The summed E-state index contributed by atoms with van der Waals surface area (Å²) in [5.41, 5.74) is 1.98. The largest absolute Gasteiger partial charge is 0.369 e. The molecule has 0 radical (unpaired) electrons. The predicted molar refractivity (Wildman–Crippen MR) is 126 cm³/mol. The quantitative estimate of drug-likeness (QED) is 0.294. The van der Waals surface area contributed by atoms with Gasteiger partial charge in [-0.15, -0.1) is 16.4 Å². The van der Waals surface area contributed by atoms with Gasteiger partial charge in [-0.1, -0.05) is 18.2 Å². The fourth-order valence-corrected chi connectivity index (χ4v) is 5.08. The Labute approximate surface area is 199 Å². The van der Waals surface area contributed by atoms with Crippen LogP contribution in [-0.2, 0) is 6.54 Å². The summed E-state index contributed by atoms with van der Waals surface area (Å²) in [5, 5.41) is 25.5. The minimum Gasteiger partial charge on any atom is -0.369 e. The second-order valence-electron chi connectivity index (χ2n) is 8.04. The summed E-state index contributed by atoms with van der Waals surface area (Å²) in [5.74, 6) is 0.471. The topological polar surface area (TPSA) is 93.2 Å². The van der Waals surface area contributed by atoms with Crippen molar-refractivity contribution in [3.05, 3.63) is 98.2 Å². The van der Waals surface area contributed by atoms with E-state index in [4.69, 9.17) is 0 Å². The van der Waals surface area contributed by atoms with Crippen molar-refractivity contribution in [3.63, 3.8) is 0 Å². The van der Waals surface area contributed by atoms with Crippen LogP contribution >= 0.6 is 11.3 Å². The zero-order valence-corrected chi connectivity index (χ0v) is 19.0. The van der Waals surface area contributed by atoms with Gasteiger partial charge in [-0.2, -0.15) is 0 Å². The van der Waals surface area contributed by atoms with E-state index in [0.717, 1.165) is 48.1 Å². The molecular formula is C23H22FN7O2S. The molecule has 1 atom stereocenters. The van der Waals surface area contributed by atoms with Crippen LogP contribution in [0.25, 0.3) is 0 Å². The van der Waals surface area contributed by atoms with Crippen molar-refractivity contribution >= 4 is 22.7 Å². The van der Waals surface area contributed by atoms with Crippen LogP contribution in [-0.4, -0.2) is 56.2 Å². The van der Waals surface area contributed by atoms with E-state index >= 15 is 0 Å². The van der Waals surface area contributed by atoms with Crippen LogP contribution in [0.3, 0.4) is 0 Å². The highest BCUT2D eigenvalue weighted by molar-refractivity contribution is 7.10. The van der Waals surface area contributed by atoms with Crippen molar-refractivity contribution in [2.45, 2.75) is 12.6 Å². The van der Waals surface area contributed by atoms with Crippen molar-refractivity contribution in [1.29, 1.82) is 0 Å². The van der Waals surface area contributed by atoms with Gasteiger partial charge in [-0.3, -0.25) is 15.0 Å². The minimum absolute atomic E-state index is 0.0909. The molecule has 0 N–H and O–H groups in total. The molecule has 4 aromatic rings. The number of hydrogen-bond acceptors (Lipinski definition) is 8. The number of tetrazole rings is 1. The van der Waals surface area contributed by atoms with Crippen LogP contribution in [0, 0.1) is 15.9 Å². The molecule has 3 heterocycles. The lowest BCUT2D eigenvalue weighted by atomic mass is 10.1. The Balaban J connectivity index is 1.35. The third-order valence-electron chi connectivity index (χ3n) is 5.97. The fourth-order valence-electron chi connectivity index (χ4n) is 4.22. The molecule has 0 spiro atoms. The van der Waals surface area contributed by atoms with Gasteiger partial charge in [0.1, 0.15) is 11.9 Å². The summed E-state index contributed by atoms with van der Waals surface area (Å²) in [6.45, 7) is 3.57. The number of nitrogens with zero attached hydrogens (tertiary/aromatic N) is 7. The smallest absolute Gasteiger partial charge is 0.269 e. The van der Waals surface area contributed by atoms with Crippen LogP contribution in [0.2, 0.25) is 0 Å². The Morgan fingerprint density at radius 1 is 1.03 bits per heavy atom. The molecule has 11 heteroatoms. The van der Waals surface area contributed by atoms with Crippen LogP contribution < -0.4 is 4.90 Å². The van der Waals surface area contributed by atoms with Gasteiger partial charge in [-0.05, 0) is 51.7 Å². The molecular weight excluding hydrogens is 457 g/mol. The molecule has 0 saturated carbocycles. The number of piperazine rings is 1. The second-order valence-corrected chi connectivity index (χ2v) is 9.01. The van der Waals surface area contributed by atoms with E-state index in [1.165, 1.54) is 12.1 Å². The summed E-state index contributed by atoms with van der Waals surface area (Å²) >= 11 is 1.66. The van der Waals surface area contributed by atoms with Gasteiger partial charge in [0, 0.05) is 48.9 Å². The number of anilines is 1. The minimum atomic E-state index is -0.385. The monoisotopic (exact) mass is 479 g/mol. The normalized spacial score (nSPS) is 15.4. The van der Waals surface area contributed by atoms with Gasteiger partial charge >= 0.3 is 0 Å². The molecule has 5 rings (SSSR count). The number of hydrogen-bond donors (Lipinski definition) is 0. The zero-order valence-electron chi connectivity index (χ0n) is 18.2. The Morgan fingerprint density at radius 3 is 2.41 bits per heavy atom. The van der Waals surface area contributed by atoms with Gasteiger partial charge in [0.25, 0.3) is 5.69 Å². The average molecular weight is 480 g/mol. The Kier molecular flexibility index (Phi) is 6.28. The molecule has 34 heavy (non-hydrogen) atoms. The Hall–Kier alpha value is -3.70. The molecule has 1 saturated heterocycles. The molecule has 0 unspecified atom stereocenters. The summed E-state index contributed by atoms with van der Waals surface area (Å²) in [6, 6.07) is 17.0. The number of nitro groups is 1. The molecule has 0 amide bonds. The van der Waals surface area contributed by atoms with Crippen molar-refractivity contribution in [1.82, 2.24) is 25.1 Å². The van der Waals surface area contributed by atoms with Crippen molar-refractivity contribution < 1.29 is 9.31 Å². The van der Waals surface area contributed by atoms with Gasteiger partial charge in [-0.25, -0.2) is 9.07 Å². The van der Waals surface area contributed by atoms with Gasteiger partial charge in [0.2, 0.25) is 0 Å². The molecule has 2 aromatic heterocycles. The molecule has 1 fully saturated rings. The van der Waals surface area contributed by atoms with Gasteiger partial charge in [0.15, 0.2) is 5.82 Å². The first-order valence-electron chi connectivity index (χ1n) is 10.9. The van der Waals surface area contributed by atoms with Gasteiger partial charge in [0.05, 0.1) is 11.5 Å². The maximum Gasteiger partial charge on any atom is 0.269 e. The standard InChI is InChI=1S/C23H22FN7O2S/c24-18-5-3-17(4-6-18)16-30-23(25-26-27-30)22(21-2-1-15-34-21)29-13-11-28(12-14-29)19-7-9-20(10-8-19)31(32)33/h1-10,15,22H,11-14,16H2/t22-/m0/s1. The first-order valence-corrected chi connectivity index (χ1v) is 11.7.